The van der Waals surface area contributed by atoms with Gasteiger partial charge in [0.25, 0.3) is 17.2 Å². The van der Waals surface area contributed by atoms with Crippen LogP contribution in [0, 0.1) is 6.92 Å². The molecule has 2 aromatic heterocycles. The lowest BCUT2D eigenvalue weighted by atomic mass is 9.98. The number of carbonyl (C=O) groups excluding carboxylic acids is 1. The van der Waals surface area contributed by atoms with Crippen LogP contribution in [0.3, 0.4) is 0 Å². The molecule has 140 valence electrons. The van der Waals surface area contributed by atoms with Gasteiger partial charge in [-0.05, 0) is 58.5 Å². The molecule has 8 nitrogen and oxygen atoms in total. The quantitative estimate of drug-likeness (QED) is 0.888. The number of rotatable bonds is 4. The highest BCUT2D eigenvalue weighted by Crippen LogP contribution is 2.22. The Morgan fingerprint density at radius 1 is 1.23 bits per heavy atom. The molecule has 1 N–H and O–H groups in total. The van der Waals surface area contributed by atoms with Crippen LogP contribution < -0.4 is 5.56 Å². The van der Waals surface area contributed by atoms with Crippen LogP contribution in [-0.2, 0) is 0 Å². The number of amides is 1. The molecule has 2 saturated heterocycles. The van der Waals surface area contributed by atoms with Gasteiger partial charge in [-0.15, -0.1) is 0 Å². The van der Waals surface area contributed by atoms with Gasteiger partial charge in [-0.25, -0.2) is 4.98 Å². The second kappa shape index (κ2) is 7.19. The van der Waals surface area contributed by atoms with Crippen LogP contribution in [0.2, 0.25) is 0 Å². The fraction of sp³-hybridized carbons (Fsp3) is 0.667. The molecule has 26 heavy (non-hydrogen) atoms. The first-order valence-electron chi connectivity index (χ1n) is 9.61. The van der Waals surface area contributed by atoms with E-state index < -0.39 is 0 Å². The van der Waals surface area contributed by atoms with Crippen molar-refractivity contribution in [3.8, 4) is 0 Å². The number of aryl methyl sites for hydroxylation is 1. The zero-order chi connectivity index (χ0) is 18.1. The first-order chi connectivity index (χ1) is 12.6. The molecule has 1 atom stereocenters. The summed E-state index contributed by atoms with van der Waals surface area (Å²) in [6.45, 7) is 5.84. The lowest BCUT2D eigenvalue weighted by molar-refractivity contribution is 0.0585. The third kappa shape index (κ3) is 3.25. The van der Waals surface area contributed by atoms with Crippen molar-refractivity contribution in [1.82, 2.24) is 29.4 Å². The second-order valence-electron chi connectivity index (χ2n) is 7.41. The summed E-state index contributed by atoms with van der Waals surface area (Å²) in [4.78, 5) is 38.5. The largest absolute Gasteiger partial charge is 0.335 e. The Balaban J connectivity index is 1.54. The molecule has 8 heteroatoms. The van der Waals surface area contributed by atoms with E-state index in [2.05, 4.69) is 20.0 Å². The van der Waals surface area contributed by atoms with Gasteiger partial charge in [-0.2, -0.15) is 9.50 Å². The van der Waals surface area contributed by atoms with Crippen molar-refractivity contribution < 1.29 is 4.79 Å². The van der Waals surface area contributed by atoms with Crippen molar-refractivity contribution >= 4 is 11.7 Å². The molecule has 0 saturated carbocycles. The van der Waals surface area contributed by atoms with Gasteiger partial charge in [0.05, 0.1) is 0 Å². The highest BCUT2D eigenvalue weighted by atomic mass is 16.2. The number of piperidine rings is 1. The van der Waals surface area contributed by atoms with Crippen LogP contribution in [0.4, 0.5) is 0 Å². The van der Waals surface area contributed by atoms with Crippen LogP contribution in [0.25, 0.3) is 5.78 Å². The van der Waals surface area contributed by atoms with E-state index in [4.69, 9.17) is 0 Å². The number of hydrogen-bond acceptors (Lipinski definition) is 5. The molecule has 4 rings (SSSR count). The molecule has 2 fully saturated rings. The van der Waals surface area contributed by atoms with Crippen LogP contribution in [0.15, 0.2) is 11.0 Å². The summed E-state index contributed by atoms with van der Waals surface area (Å²) in [7, 11) is 0. The van der Waals surface area contributed by atoms with Crippen molar-refractivity contribution in [2.45, 2.75) is 51.5 Å². The first kappa shape index (κ1) is 17.2. The lowest BCUT2D eigenvalue weighted by Gasteiger charge is -2.36. The number of aromatic amines is 1. The van der Waals surface area contributed by atoms with Gasteiger partial charge in [0.2, 0.25) is 0 Å². The van der Waals surface area contributed by atoms with Gasteiger partial charge in [0.15, 0.2) is 0 Å². The van der Waals surface area contributed by atoms with Crippen molar-refractivity contribution in [3.63, 3.8) is 0 Å². The highest BCUT2D eigenvalue weighted by molar-refractivity contribution is 5.94. The van der Waals surface area contributed by atoms with E-state index in [-0.39, 0.29) is 23.1 Å². The summed E-state index contributed by atoms with van der Waals surface area (Å²) in [6.07, 6.45) is 8.06. The molecular weight excluding hydrogens is 332 g/mol. The number of hydrogen-bond donors (Lipinski definition) is 1. The zero-order valence-electron chi connectivity index (χ0n) is 15.3. The molecule has 2 aliphatic rings. The summed E-state index contributed by atoms with van der Waals surface area (Å²) >= 11 is 0. The van der Waals surface area contributed by atoms with Gasteiger partial charge < -0.3 is 9.80 Å². The van der Waals surface area contributed by atoms with Crippen molar-refractivity contribution in [2.75, 3.05) is 26.2 Å². The SMILES string of the molecule is Cc1nc2ncc(C(=O)N3CCCCC3CCN3CCCC3)c(=O)n2[nH]1. The van der Waals surface area contributed by atoms with Crippen LogP contribution in [-0.4, -0.2) is 67.5 Å². The Morgan fingerprint density at radius 2 is 2.00 bits per heavy atom. The molecule has 4 heterocycles. The number of nitrogens with zero attached hydrogens (tertiary/aromatic N) is 5. The maximum atomic E-state index is 13.1. The fourth-order valence-electron chi connectivity index (χ4n) is 4.17. The van der Waals surface area contributed by atoms with E-state index in [1.165, 1.54) is 36.6 Å². The van der Waals surface area contributed by atoms with Gasteiger partial charge in [0.1, 0.15) is 11.4 Å². The van der Waals surface area contributed by atoms with Crippen LogP contribution >= 0.6 is 0 Å². The molecule has 0 aliphatic carbocycles. The maximum Gasteiger partial charge on any atom is 0.286 e. The molecule has 0 radical (unpaired) electrons. The van der Waals surface area contributed by atoms with E-state index >= 15 is 0 Å². The number of fused-ring (bicyclic) bond motifs is 1. The number of carbonyl (C=O) groups is 1. The summed E-state index contributed by atoms with van der Waals surface area (Å²) in [5.74, 6) is 0.698. The van der Waals surface area contributed by atoms with Gasteiger partial charge in [-0.1, -0.05) is 0 Å². The Labute approximate surface area is 152 Å². The average molecular weight is 358 g/mol. The third-order valence-corrected chi connectivity index (χ3v) is 5.58. The number of likely N-dealkylation sites (tertiary alicyclic amines) is 2. The zero-order valence-corrected chi connectivity index (χ0v) is 15.3. The molecule has 1 unspecified atom stereocenters. The molecule has 2 aliphatic heterocycles. The minimum absolute atomic E-state index is 0.124. The fourth-order valence-corrected chi connectivity index (χ4v) is 4.17. The van der Waals surface area contributed by atoms with Gasteiger partial charge in [-0.3, -0.25) is 14.7 Å². The molecule has 0 bridgehead atoms. The van der Waals surface area contributed by atoms with Crippen molar-refractivity contribution in [2.24, 2.45) is 0 Å². The Hall–Kier alpha value is -2.22. The Bertz CT molecular complexity index is 851. The Kier molecular flexibility index (Phi) is 4.76. The van der Waals surface area contributed by atoms with Gasteiger partial charge in [0, 0.05) is 25.3 Å². The van der Waals surface area contributed by atoms with E-state index in [1.54, 1.807) is 6.92 Å². The van der Waals surface area contributed by atoms with Crippen molar-refractivity contribution in [3.05, 3.63) is 27.9 Å². The number of H-pyrrole nitrogens is 1. The van der Waals surface area contributed by atoms with E-state index in [0.717, 1.165) is 32.2 Å². The monoisotopic (exact) mass is 358 g/mol. The highest BCUT2D eigenvalue weighted by Gasteiger charge is 2.30. The van der Waals surface area contributed by atoms with Crippen molar-refractivity contribution in [1.29, 1.82) is 0 Å². The molecule has 0 aromatic carbocycles. The molecule has 1 amide bonds. The third-order valence-electron chi connectivity index (χ3n) is 5.58. The molecular formula is C18H26N6O2. The average Bonchev–Trinajstić information content (AvgIpc) is 3.29. The summed E-state index contributed by atoms with van der Waals surface area (Å²) in [5, 5.41) is 2.85. The molecule has 0 spiro atoms. The second-order valence-corrected chi connectivity index (χ2v) is 7.41. The van der Waals surface area contributed by atoms with Gasteiger partial charge >= 0.3 is 0 Å². The first-order valence-corrected chi connectivity index (χ1v) is 9.61. The summed E-state index contributed by atoms with van der Waals surface area (Å²) in [6, 6.07) is 0.209. The minimum atomic E-state index is -0.371. The van der Waals surface area contributed by atoms with Crippen LogP contribution in [0.5, 0.6) is 0 Å². The van der Waals surface area contributed by atoms with E-state index in [9.17, 15) is 9.59 Å². The van der Waals surface area contributed by atoms with E-state index in [1.807, 2.05) is 4.90 Å². The summed E-state index contributed by atoms with van der Waals surface area (Å²) < 4.78 is 1.26. The molecule has 2 aromatic rings. The predicted molar refractivity (Wildman–Crippen MR) is 97.3 cm³/mol. The number of nitrogens with one attached hydrogen (secondary N) is 1. The number of aromatic nitrogens is 4. The van der Waals surface area contributed by atoms with Crippen LogP contribution in [0.1, 0.15) is 54.7 Å². The Morgan fingerprint density at radius 3 is 2.81 bits per heavy atom. The van der Waals surface area contributed by atoms with E-state index in [0.29, 0.717) is 18.1 Å². The predicted octanol–water partition coefficient (Wildman–Crippen LogP) is 1.21. The topological polar surface area (TPSA) is 86.6 Å². The smallest absolute Gasteiger partial charge is 0.286 e. The lowest BCUT2D eigenvalue weighted by Crippen LogP contribution is -2.46. The normalized spacial score (nSPS) is 21.6. The standard InChI is InChI=1S/C18H26N6O2/c1-13-20-18-19-12-15(17(26)24(18)21-13)16(25)23-10-3-2-6-14(23)7-11-22-8-4-5-9-22/h12,14H,2-11H2,1H3,(H,19,20,21). The summed E-state index contributed by atoms with van der Waals surface area (Å²) in [5.41, 5.74) is -0.247. The minimum Gasteiger partial charge on any atom is -0.335 e. The maximum absolute atomic E-state index is 13.1.